The average Bonchev–Trinajstić information content (AvgIpc) is 2.66. The van der Waals surface area contributed by atoms with Crippen molar-refractivity contribution in [2.45, 2.75) is 19.9 Å². The Kier molecular flexibility index (Phi) is 5.26. The van der Waals surface area contributed by atoms with E-state index in [9.17, 15) is 10.2 Å². The lowest BCUT2D eigenvalue weighted by atomic mass is 9.95. The summed E-state index contributed by atoms with van der Waals surface area (Å²) in [7, 11) is 3.26. The summed E-state index contributed by atoms with van der Waals surface area (Å²) in [5, 5.41) is 30.5. The number of carboxylic acids is 1. The fourth-order valence-electron chi connectivity index (χ4n) is 3.40. The Morgan fingerprint density at radius 3 is 2.43 bits per heavy atom. The highest BCUT2D eigenvalue weighted by Gasteiger charge is 2.26. The number of nitrogens with zero attached hydrogens (tertiary/aromatic N) is 1. The van der Waals surface area contributed by atoms with Crippen LogP contribution in [-0.2, 0) is 17.8 Å². The number of ether oxygens (including phenoxy) is 2. The van der Waals surface area contributed by atoms with Crippen LogP contribution in [0.15, 0.2) is 36.5 Å². The largest absolute Gasteiger partial charge is 0.550 e. The number of benzene rings is 2. The van der Waals surface area contributed by atoms with Crippen molar-refractivity contribution >= 4 is 16.7 Å². The first-order valence-corrected chi connectivity index (χ1v) is 8.66. The van der Waals surface area contributed by atoms with Crippen LogP contribution in [0.3, 0.4) is 0 Å². The van der Waals surface area contributed by atoms with Crippen molar-refractivity contribution in [3.05, 3.63) is 42.1 Å². The highest BCUT2D eigenvalue weighted by atomic mass is 16.5. The number of carboxylic acid groups (broad SMARTS) is 1. The maximum atomic E-state index is 9.87. The van der Waals surface area contributed by atoms with Crippen molar-refractivity contribution < 1.29 is 34.2 Å². The Hall–Kier alpha value is -3.48. The van der Waals surface area contributed by atoms with Gasteiger partial charge in [0, 0.05) is 18.5 Å². The molecule has 0 amide bonds. The first kappa shape index (κ1) is 19.3. The number of hydrogen-bond acceptors (Lipinski definition) is 6. The summed E-state index contributed by atoms with van der Waals surface area (Å²) in [6, 6.07) is 9.23. The summed E-state index contributed by atoms with van der Waals surface area (Å²) in [5.41, 5.74) is 2.98. The second-order valence-electron chi connectivity index (χ2n) is 6.40. The Balaban J connectivity index is 0.000000516. The van der Waals surface area contributed by atoms with Gasteiger partial charge < -0.3 is 29.6 Å². The van der Waals surface area contributed by atoms with E-state index in [1.54, 1.807) is 26.4 Å². The van der Waals surface area contributed by atoms with Gasteiger partial charge in [-0.25, -0.2) is 0 Å². The number of aromatic hydroxyl groups is 2. The molecule has 0 fully saturated rings. The number of carbonyl (C=O) groups excluding carboxylic acids is 1. The van der Waals surface area contributed by atoms with E-state index < -0.39 is 5.97 Å². The molecule has 2 N–H and O–H groups in total. The number of aryl methyl sites for hydroxylation is 2. The van der Waals surface area contributed by atoms with Gasteiger partial charge in [-0.05, 0) is 42.1 Å². The molecule has 0 saturated carbocycles. The number of hydrogen-bond donors (Lipinski definition) is 2. The number of methoxy groups -OCH3 is 2. The predicted molar refractivity (Wildman–Crippen MR) is 100 cm³/mol. The van der Waals surface area contributed by atoms with Crippen LogP contribution in [-0.4, -0.2) is 30.4 Å². The van der Waals surface area contributed by atoms with Gasteiger partial charge in [0.15, 0.2) is 35.7 Å². The molecule has 0 spiro atoms. The van der Waals surface area contributed by atoms with Crippen molar-refractivity contribution in [2.75, 3.05) is 14.2 Å². The molecule has 0 bridgehead atoms. The van der Waals surface area contributed by atoms with E-state index in [1.807, 2.05) is 12.1 Å². The van der Waals surface area contributed by atoms with E-state index in [1.165, 1.54) is 0 Å². The van der Waals surface area contributed by atoms with Gasteiger partial charge in [-0.2, -0.15) is 4.57 Å². The van der Waals surface area contributed by atoms with Gasteiger partial charge in [-0.1, -0.05) is 0 Å². The molecule has 2 aromatic carbocycles. The highest BCUT2D eigenvalue weighted by molar-refractivity contribution is 5.91. The molecular weight excluding hydrogens is 362 g/mol. The molecule has 1 aliphatic rings. The fraction of sp³-hybridized carbons (Fsp3) is 0.238. The van der Waals surface area contributed by atoms with Crippen molar-refractivity contribution in [1.29, 1.82) is 0 Å². The summed E-state index contributed by atoms with van der Waals surface area (Å²) < 4.78 is 13.1. The van der Waals surface area contributed by atoms with Gasteiger partial charge in [0.05, 0.1) is 25.2 Å². The lowest BCUT2D eigenvalue weighted by Crippen LogP contribution is -2.40. The zero-order valence-corrected chi connectivity index (χ0v) is 15.9. The van der Waals surface area contributed by atoms with E-state index in [0.717, 1.165) is 47.5 Å². The first-order chi connectivity index (χ1) is 13.3. The minimum atomic E-state index is -1.08. The van der Waals surface area contributed by atoms with Gasteiger partial charge in [0.1, 0.15) is 0 Å². The monoisotopic (exact) mass is 383 g/mol. The Morgan fingerprint density at radius 2 is 1.79 bits per heavy atom. The number of rotatable bonds is 2. The van der Waals surface area contributed by atoms with Gasteiger partial charge >= 0.3 is 0 Å². The summed E-state index contributed by atoms with van der Waals surface area (Å²) in [4.78, 5) is 8.89. The second kappa shape index (κ2) is 7.64. The quantitative estimate of drug-likeness (QED) is 0.514. The molecule has 28 heavy (non-hydrogen) atoms. The van der Waals surface area contributed by atoms with Crippen LogP contribution in [0.4, 0.5) is 0 Å². The summed E-state index contributed by atoms with van der Waals surface area (Å²) >= 11 is 0. The number of aliphatic carboxylic acids is 1. The zero-order chi connectivity index (χ0) is 20.4. The summed E-state index contributed by atoms with van der Waals surface area (Å²) in [5.74, 6) is 0.151. The van der Waals surface area contributed by atoms with Crippen molar-refractivity contribution in [3.8, 4) is 34.3 Å². The van der Waals surface area contributed by atoms with Gasteiger partial charge in [-0.3, -0.25) is 0 Å². The third-order valence-electron chi connectivity index (χ3n) is 4.60. The zero-order valence-electron chi connectivity index (χ0n) is 15.9. The summed E-state index contributed by atoms with van der Waals surface area (Å²) in [6.45, 7) is 1.77. The second-order valence-corrected chi connectivity index (χ2v) is 6.40. The third kappa shape index (κ3) is 3.51. The summed E-state index contributed by atoms with van der Waals surface area (Å²) in [6.07, 6.45) is 2.84. The smallest absolute Gasteiger partial charge is 0.213 e. The van der Waals surface area contributed by atoms with Crippen molar-refractivity contribution in [2.24, 2.45) is 0 Å². The number of phenols is 2. The molecule has 146 valence electrons. The standard InChI is InChI=1S/C19H17NO4.C2H4O2/c1-23-18-4-3-11-7-15-13-9-17(22)16(21)8-12(13)5-6-20(15)10-14(11)19(18)24-2;1-2(3)4/h3-4,7-10,22H,5-6H2,1-2H3;1H3,(H,3,4). The van der Waals surface area contributed by atoms with Gasteiger partial charge in [0.2, 0.25) is 5.69 Å². The molecule has 7 nitrogen and oxygen atoms in total. The molecule has 1 aliphatic heterocycles. The number of fused-ring (bicyclic) bond motifs is 4. The van der Waals surface area contributed by atoms with Gasteiger partial charge in [-0.15, -0.1) is 0 Å². The van der Waals surface area contributed by atoms with E-state index >= 15 is 0 Å². The molecule has 1 aromatic heterocycles. The Bertz CT molecular complexity index is 1060. The number of aromatic nitrogens is 1. The number of phenolic OH excluding ortho intramolecular Hbond substituents is 2. The van der Waals surface area contributed by atoms with Crippen LogP contribution in [0, 0.1) is 0 Å². The van der Waals surface area contributed by atoms with E-state index in [-0.39, 0.29) is 11.5 Å². The normalized spacial score (nSPS) is 11.7. The van der Waals surface area contributed by atoms with Crippen LogP contribution in [0.2, 0.25) is 0 Å². The van der Waals surface area contributed by atoms with Crippen LogP contribution in [0.5, 0.6) is 23.0 Å². The highest BCUT2D eigenvalue weighted by Crippen LogP contribution is 2.39. The minimum Gasteiger partial charge on any atom is -0.550 e. The first-order valence-electron chi connectivity index (χ1n) is 8.66. The maximum absolute atomic E-state index is 9.87. The molecule has 0 atom stereocenters. The number of pyridine rings is 1. The Labute approximate surface area is 162 Å². The average molecular weight is 383 g/mol. The van der Waals surface area contributed by atoms with Crippen molar-refractivity contribution in [3.63, 3.8) is 0 Å². The Morgan fingerprint density at radius 1 is 1.11 bits per heavy atom. The molecule has 7 heteroatoms. The SMILES string of the molecule is CC(=O)[O-].COc1ccc2cc3[n+](cc2c1OC)CCc1cc(O)c(O)cc1-3. The molecule has 0 unspecified atom stereocenters. The minimum absolute atomic E-state index is 0.0746. The van der Waals surface area contributed by atoms with Crippen LogP contribution in [0.25, 0.3) is 22.0 Å². The lowest BCUT2D eigenvalue weighted by Gasteiger charge is -2.17. The molecule has 2 heterocycles. The predicted octanol–water partition coefficient (Wildman–Crippen LogP) is 1.53. The topological polar surface area (TPSA) is 103 Å². The molecule has 3 aromatic rings. The van der Waals surface area contributed by atoms with E-state index in [4.69, 9.17) is 19.4 Å². The fourth-order valence-corrected chi connectivity index (χ4v) is 3.40. The molecule has 0 saturated heterocycles. The van der Waals surface area contributed by atoms with Crippen LogP contribution < -0.4 is 19.1 Å². The lowest BCUT2D eigenvalue weighted by molar-refractivity contribution is -0.686. The molecule has 0 aliphatic carbocycles. The van der Waals surface area contributed by atoms with Gasteiger partial charge in [0.25, 0.3) is 0 Å². The van der Waals surface area contributed by atoms with Crippen LogP contribution in [0.1, 0.15) is 12.5 Å². The number of carbonyl (C=O) groups is 1. The van der Waals surface area contributed by atoms with E-state index in [0.29, 0.717) is 11.5 Å². The van der Waals surface area contributed by atoms with Crippen molar-refractivity contribution in [1.82, 2.24) is 0 Å². The molecule has 4 rings (SSSR count). The molecule has 0 radical (unpaired) electrons. The third-order valence-corrected chi connectivity index (χ3v) is 4.60. The molecular formula is C21H21NO6. The maximum Gasteiger partial charge on any atom is 0.213 e. The van der Waals surface area contributed by atoms with E-state index in [2.05, 4.69) is 16.8 Å². The van der Waals surface area contributed by atoms with Crippen LogP contribution >= 0.6 is 0 Å².